The average Bonchev–Trinajstić information content (AvgIpc) is 2.74. The largest absolute Gasteiger partial charge is 0.381 e. The smallest absolute Gasteiger partial charge is 0.128 e. The van der Waals surface area contributed by atoms with Crippen LogP contribution in [0.3, 0.4) is 0 Å². The molecule has 0 saturated carbocycles. The van der Waals surface area contributed by atoms with Gasteiger partial charge in [0.1, 0.15) is 5.82 Å². The SMILES string of the molecule is Fc1cc(Br)ccc1CNCC1CCOC1. The number of nitrogens with one attached hydrogen (secondary N) is 1. The molecule has 0 aromatic heterocycles. The van der Waals surface area contributed by atoms with E-state index in [0.29, 0.717) is 18.0 Å². The molecule has 0 bridgehead atoms. The van der Waals surface area contributed by atoms with E-state index in [1.54, 1.807) is 6.07 Å². The Bertz CT molecular complexity index is 353. The van der Waals surface area contributed by atoms with Crippen LogP contribution in [0.4, 0.5) is 4.39 Å². The molecule has 88 valence electrons. The van der Waals surface area contributed by atoms with E-state index in [0.717, 1.165) is 30.7 Å². The van der Waals surface area contributed by atoms with Gasteiger partial charge in [-0.2, -0.15) is 0 Å². The topological polar surface area (TPSA) is 21.3 Å². The van der Waals surface area contributed by atoms with Gasteiger partial charge in [-0.25, -0.2) is 4.39 Å². The fourth-order valence-corrected chi connectivity index (χ4v) is 2.15. The van der Waals surface area contributed by atoms with Crippen LogP contribution in [-0.2, 0) is 11.3 Å². The van der Waals surface area contributed by atoms with E-state index in [2.05, 4.69) is 21.2 Å². The van der Waals surface area contributed by atoms with Gasteiger partial charge in [0.05, 0.1) is 6.61 Å². The van der Waals surface area contributed by atoms with Crippen LogP contribution in [0.2, 0.25) is 0 Å². The van der Waals surface area contributed by atoms with E-state index in [-0.39, 0.29) is 5.82 Å². The first-order valence-electron chi connectivity index (χ1n) is 5.48. The lowest BCUT2D eigenvalue weighted by Crippen LogP contribution is -2.23. The van der Waals surface area contributed by atoms with Crippen LogP contribution in [-0.4, -0.2) is 19.8 Å². The highest BCUT2D eigenvalue weighted by atomic mass is 79.9. The maximum atomic E-state index is 13.5. The minimum atomic E-state index is -0.162. The number of benzene rings is 1. The Kier molecular flexibility index (Phi) is 4.32. The molecule has 0 amide bonds. The van der Waals surface area contributed by atoms with Crippen molar-refractivity contribution in [1.29, 1.82) is 0 Å². The number of halogens is 2. The van der Waals surface area contributed by atoms with Crippen molar-refractivity contribution in [2.24, 2.45) is 5.92 Å². The Labute approximate surface area is 103 Å². The highest BCUT2D eigenvalue weighted by molar-refractivity contribution is 9.10. The molecule has 1 atom stereocenters. The van der Waals surface area contributed by atoms with Crippen LogP contribution in [0.5, 0.6) is 0 Å². The van der Waals surface area contributed by atoms with Crippen molar-refractivity contribution < 1.29 is 9.13 Å². The van der Waals surface area contributed by atoms with Crippen molar-refractivity contribution in [3.63, 3.8) is 0 Å². The second kappa shape index (κ2) is 5.75. The van der Waals surface area contributed by atoms with Crippen LogP contribution in [0.25, 0.3) is 0 Å². The Hall–Kier alpha value is -0.450. The van der Waals surface area contributed by atoms with E-state index in [1.807, 2.05) is 6.07 Å². The summed E-state index contributed by atoms with van der Waals surface area (Å²) in [6.07, 6.45) is 1.11. The summed E-state index contributed by atoms with van der Waals surface area (Å²) in [5.41, 5.74) is 0.710. The third-order valence-corrected chi connectivity index (χ3v) is 3.28. The molecule has 1 N–H and O–H groups in total. The zero-order valence-corrected chi connectivity index (χ0v) is 10.6. The lowest BCUT2D eigenvalue weighted by molar-refractivity contribution is 0.185. The maximum absolute atomic E-state index is 13.5. The molecular weight excluding hydrogens is 273 g/mol. The first kappa shape index (κ1) is 12.0. The quantitative estimate of drug-likeness (QED) is 0.919. The van der Waals surface area contributed by atoms with Gasteiger partial charge in [0.25, 0.3) is 0 Å². The summed E-state index contributed by atoms with van der Waals surface area (Å²) < 4.78 is 19.5. The molecule has 1 fully saturated rings. The van der Waals surface area contributed by atoms with Gasteiger partial charge in [-0.1, -0.05) is 22.0 Å². The number of hydrogen-bond donors (Lipinski definition) is 1. The predicted octanol–water partition coefficient (Wildman–Crippen LogP) is 2.71. The minimum absolute atomic E-state index is 0.162. The first-order valence-corrected chi connectivity index (χ1v) is 6.27. The summed E-state index contributed by atoms with van der Waals surface area (Å²) in [5, 5.41) is 3.27. The fraction of sp³-hybridized carbons (Fsp3) is 0.500. The maximum Gasteiger partial charge on any atom is 0.128 e. The average molecular weight is 288 g/mol. The Morgan fingerprint density at radius 3 is 3.06 bits per heavy atom. The summed E-state index contributed by atoms with van der Waals surface area (Å²) in [6, 6.07) is 5.16. The van der Waals surface area contributed by atoms with E-state index in [1.165, 1.54) is 6.07 Å². The Morgan fingerprint density at radius 1 is 1.50 bits per heavy atom. The summed E-state index contributed by atoms with van der Waals surface area (Å²) >= 11 is 3.24. The third kappa shape index (κ3) is 3.27. The second-order valence-corrected chi connectivity index (χ2v) is 5.01. The molecule has 1 aromatic carbocycles. The molecule has 0 radical (unpaired) electrons. The zero-order valence-electron chi connectivity index (χ0n) is 9.01. The fourth-order valence-electron chi connectivity index (χ4n) is 1.82. The van der Waals surface area contributed by atoms with E-state index >= 15 is 0 Å². The molecular formula is C12H15BrFNO. The van der Waals surface area contributed by atoms with Gasteiger partial charge in [0.2, 0.25) is 0 Å². The molecule has 2 rings (SSSR count). The van der Waals surface area contributed by atoms with E-state index in [4.69, 9.17) is 4.74 Å². The molecule has 1 heterocycles. The minimum Gasteiger partial charge on any atom is -0.381 e. The molecule has 16 heavy (non-hydrogen) atoms. The summed E-state index contributed by atoms with van der Waals surface area (Å²) in [4.78, 5) is 0. The highest BCUT2D eigenvalue weighted by Crippen LogP contribution is 2.15. The monoisotopic (exact) mass is 287 g/mol. The van der Waals surface area contributed by atoms with Crippen molar-refractivity contribution in [1.82, 2.24) is 5.32 Å². The van der Waals surface area contributed by atoms with Gasteiger partial charge in [0.15, 0.2) is 0 Å². The van der Waals surface area contributed by atoms with Gasteiger partial charge in [0, 0.05) is 29.7 Å². The lowest BCUT2D eigenvalue weighted by Gasteiger charge is -2.10. The van der Waals surface area contributed by atoms with Crippen molar-refractivity contribution in [2.45, 2.75) is 13.0 Å². The third-order valence-electron chi connectivity index (χ3n) is 2.79. The van der Waals surface area contributed by atoms with Crippen LogP contribution >= 0.6 is 15.9 Å². The summed E-state index contributed by atoms with van der Waals surface area (Å²) in [6.45, 7) is 3.17. The molecule has 1 aliphatic rings. The molecule has 1 saturated heterocycles. The van der Waals surface area contributed by atoms with Crippen LogP contribution in [0, 0.1) is 11.7 Å². The van der Waals surface area contributed by atoms with Gasteiger partial charge in [-0.3, -0.25) is 0 Å². The standard InChI is InChI=1S/C12H15BrFNO/c13-11-2-1-10(12(14)5-11)7-15-6-9-3-4-16-8-9/h1-2,5,9,15H,3-4,6-8H2. The van der Waals surface area contributed by atoms with E-state index in [9.17, 15) is 4.39 Å². The molecule has 4 heteroatoms. The van der Waals surface area contributed by atoms with Crippen molar-refractivity contribution in [3.8, 4) is 0 Å². The molecule has 1 aliphatic heterocycles. The summed E-state index contributed by atoms with van der Waals surface area (Å²) in [5.74, 6) is 0.419. The molecule has 0 spiro atoms. The molecule has 0 aliphatic carbocycles. The number of ether oxygens (including phenoxy) is 1. The van der Waals surface area contributed by atoms with Crippen molar-refractivity contribution in [2.75, 3.05) is 19.8 Å². The van der Waals surface area contributed by atoms with Gasteiger partial charge in [-0.05, 0) is 24.5 Å². The van der Waals surface area contributed by atoms with Crippen molar-refractivity contribution in [3.05, 3.63) is 34.1 Å². The predicted molar refractivity (Wildman–Crippen MR) is 64.7 cm³/mol. The van der Waals surface area contributed by atoms with Gasteiger partial charge < -0.3 is 10.1 Å². The molecule has 2 nitrogen and oxygen atoms in total. The van der Waals surface area contributed by atoms with Crippen LogP contribution in [0.1, 0.15) is 12.0 Å². The number of hydrogen-bond acceptors (Lipinski definition) is 2. The lowest BCUT2D eigenvalue weighted by atomic mass is 10.1. The summed E-state index contributed by atoms with van der Waals surface area (Å²) in [7, 11) is 0. The normalized spacial score (nSPS) is 20.2. The van der Waals surface area contributed by atoms with Gasteiger partial charge >= 0.3 is 0 Å². The molecule has 1 unspecified atom stereocenters. The second-order valence-electron chi connectivity index (χ2n) is 4.10. The highest BCUT2D eigenvalue weighted by Gasteiger charge is 2.14. The zero-order chi connectivity index (χ0) is 11.4. The van der Waals surface area contributed by atoms with Crippen LogP contribution < -0.4 is 5.32 Å². The van der Waals surface area contributed by atoms with Crippen molar-refractivity contribution >= 4 is 15.9 Å². The number of rotatable bonds is 4. The molecule has 1 aromatic rings. The Balaban J connectivity index is 1.80. The first-order chi connectivity index (χ1) is 7.75. The van der Waals surface area contributed by atoms with Crippen LogP contribution in [0.15, 0.2) is 22.7 Å². The van der Waals surface area contributed by atoms with E-state index < -0.39 is 0 Å². The van der Waals surface area contributed by atoms with Gasteiger partial charge in [-0.15, -0.1) is 0 Å². The Morgan fingerprint density at radius 2 is 2.38 bits per heavy atom.